The minimum Gasteiger partial charge on any atom is -0.460 e. The van der Waals surface area contributed by atoms with Crippen LogP contribution in [0.15, 0.2) is 77.2 Å². The third-order valence-electron chi connectivity index (χ3n) is 5.34. The molecule has 6 nitrogen and oxygen atoms in total. The molecule has 154 valence electrons. The van der Waals surface area contributed by atoms with E-state index in [2.05, 4.69) is 46.2 Å². The fourth-order valence-electron chi connectivity index (χ4n) is 3.62. The van der Waals surface area contributed by atoms with Crippen LogP contribution in [-0.2, 0) is 6.54 Å². The van der Waals surface area contributed by atoms with Crippen LogP contribution < -0.4 is 0 Å². The maximum absolute atomic E-state index is 10.8. The number of hydrogen-bond donors (Lipinski definition) is 0. The molecule has 1 aliphatic heterocycles. The van der Waals surface area contributed by atoms with E-state index in [1.165, 1.54) is 17.7 Å². The Hall–Kier alpha value is -3.22. The Morgan fingerprint density at radius 3 is 2.30 bits per heavy atom. The molecular formula is C24H25N3O3. The van der Waals surface area contributed by atoms with Crippen LogP contribution in [0.25, 0.3) is 17.4 Å². The molecule has 4 rings (SSSR count). The lowest BCUT2D eigenvalue weighted by Crippen LogP contribution is -2.45. The van der Waals surface area contributed by atoms with E-state index >= 15 is 0 Å². The first-order chi connectivity index (χ1) is 14.7. The summed E-state index contributed by atoms with van der Waals surface area (Å²) in [6, 6.07) is 20.7. The molecule has 1 aliphatic rings. The zero-order chi connectivity index (χ0) is 20.8. The van der Waals surface area contributed by atoms with Gasteiger partial charge in [0.25, 0.3) is 5.69 Å². The molecule has 0 aliphatic carbocycles. The molecule has 0 radical (unpaired) electrons. The van der Waals surface area contributed by atoms with E-state index in [-0.39, 0.29) is 5.69 Å². The lowest BCUT2D eigenvalue weighted by atomic mass is 10.1. The van der Waals surface area contributed by atoms with Crippen molar-refractivity contribution in [3.05, 3.63) is 94.2 Å². The maximum atomic E-state index is 10.8. The second kappa shape index (κ2) is 9.52. The summed E-state index contributed by atoms with van der Waals surface area (Å²) >= 11 is 0. The van der Waals surface area contributed by atoms with Crippen LogP contribution in [0.1, 0.15) is 11.3 Å². The average molecular weight is 403 g/mol. The molecule has 2 aromatic carbocycles. The zero-order valence-electron chi connectivity index (χ0n) is 16.8. The monoisotopic (exact) mass is 403 g/mol. The van der Waals surface area contributed by atoms with Gasteiger partial charge in [-0.15, -0.1) is 0 Å². The molecule has 1 aromatic heterocycles. The lowest BCUT2D eigenvalue weighted by molar-refractivity contribution is -0.384. The fourth-order valence-corrected chi connectivity index (χ4v) is 3.62. The number of non-ortho nitro benzene ring substituents is 1. The molecule has 30 heavy (non-hydrogen) atoms. The summed E-state index contributed by atoms with van der Waals surface area (Å²) in [5.41, 5.74) is 2.17. The third kappa shape index (κ3) is 5.23. The Kier molecular flexibility index (Phi) is 6.37. The quantitative estimate of drug-likeness (QED) is 0.423. The molecule has 0 N–H and O–H groups in total. The number of benzene rings is 2. The molecule has 0 unspecified atom stereocenters. The Morgan fingerprint density at radius 2 is 1.60 bits per heavy atom. The predicted octanol–water partition coefficient (Wildman–Crippen LogP) is 4.69. The lowest BCUT2D eigenvalue weighted by Gasteiger charge is -2.33. The van der Waals surface area contributed by atoms with Gasteiger partial charge in [0.05, 0.1) is 11.5 Å². The van der Waals surface area contributed by atoms with Gasteiger partial charge in [0.2, 0.25) is 0 Å². The van der Waals surface area contributed by atoms with Gasteiger partial charge in [-0.1, -0.05) is 42.5 Å². The third-order valence-corrected chi connectivity index (χ3v) is 5.34. The minimum atomic E-state index is -0.394. The Labute approximate surface area is 176 Å². The summed E-state index contributed by atoms with van der Waals surface area (Å²) in [5, 5.41) is 10.8. The number of furan rings is 1. The summed E-state index contributed by atoms with van der Waals surface area (Å²) in [6.07, 6.45) is 4.41. The van der Waals surface area contributed by atoms with Crippen molar-refractivity contribution in [2.75, 3.05) is 32.7 Å². The summed E-state index contributed by atoms with van der Waals surface area (Å²) in [7, 11) is 0. The molecule has 0 atom stereocenters. The fraction of sp³-hybridized carbons (Fsp3) is 0.250. The number of nitrogens with zero attached hydrogens (tertiary/aromatic N) is 3. The first kappa shape index (κ1) is 20.1. The van der Waals surface area contributed by atoms with Gasteiger partial charge >= 0.3 is 0 Å². The van der Waals surface area contributed by atoms with Gasteiger partial charge in [-0.05, 0) is 29.8 Å². The van der Waals surface area contributed by atoms with Crippen molar-refractivity contribution in [3.63, 3.8) is 0 Å². The molecule has 1 saturated heterocycles. The molecular weight excluding hydrogens is 378 g/mol. The molecule has 2 heterocycles. The van der Waals surface area contributed by atoms with Gasteiger partial charge in [0.1, 0.15) is 11.5 Å². The van der Waals surface area contributed by atoms with Gasteiger partial charge in [-0.25, -0.2) is 0 Å². The van der Waals surface area contributed by atoms with Crippen LogP contribution >= 0.6 is 0 Å². The standard InChI is InChI=1S/C24H25N3O3/c28-27(29)22-10-8-21(9-11-22)24-13-12-23(30-24)19-26-17-15-25(16-18-26)14-4-7-20-5-2-1-3-6-20/h1-13H,14-19H2/b7-4+. The summed E-state index contributed by atoms with van der Waals surface area (Å²) < 4.78 is 5.98. The van der Waals surface area contributed by atoms with E-state index in [0.29, 0.717) is 0 Å². The molecule has 3 aromatic rings. The van der Waals surface area contributed by atoms with Crippen LogP contribution in [0.5, 0.6) is 0 Å². The van der Waals surface area contributed by atoms with Gasteiger partial charge in [-0.2, -0.15) is 0 Å². The molecule has 0 bridgehead atoms. The summed E-state index contributed by atoms with van der Waals surface area (Å²) in [4.78, 5) is 15.3. The highest BCUT2D eigenvalue weighted by molar-refractivity contribution is 5.59. The van der Waals surface area contributed by atoms with Gasteiger partial charge < -0.3 is 4.42 Å². The van der Waals surface area contributed by atoms with E-state index in [4.69, 9.17) is 4.42 Å². The highest BCUT2D eigenvalue weighted by Crippen LogP contribution is 2.25. The second-order valence-electron chi connectivity index (χ2n) is 7.46. The Bertz CT molecular complexity index is 988. The highest BCUT2D eigenvalue weighted by Gasteiger charge is 2.17. The molecule has 0 saturated carbocycles. The van der Waals surface area contributed by atoms with Crippen molar-refractivity contribution in [3.8, 4) is 11.3 Å². The van der Waals surface area contributed by atoms with Crippen LogP contribution in [-0.4, -0.2) is 47.4 Å². The van der Waals surface area contributed by atoms with Gasteiger partial charge in [0, 0.05) is 50.4 Å². The number of hydrogen-bond acceptors (Lipinski definition) is 5. The first-order valence-corrected chi connectivity index (χ1v) is 10.2. The maximum Gasteiger partial charge on any atom is 0.269 e. The van der Waals surface area contributed by atoms with Crippen molar-refractivity contribution < 1.29 is 9.34 Å². The average Bonchev–Trinajstić information content (AvgIpc) is 3.24. The first-order valence-electron chi connectivity index (χ1n) is 10.2. The van der Waals surface area contributed by atoms with Crippen molar-refractivity contribution >= 4 is 11.8 Å². The highest BCUT2D eigenvalue weighted by atomic mass is 16.6. The minimum absolute atomic E-state index is 0.0852. The van der Waals surface area contributed by atoms with Crippen molar-refractivity contribution in [2.45, 2.75) is 6.54 Å². The van der Waals surface area contributed by atoms with Crippen LogP contribution in [0.4, 0.5) is 5.69 Å². The van der Waals surface area contributed by atoms with Gasteiger partial charge in [0.15, 0.2) is 0 Å². The molecule has 0 spiro atoms. The largest absolute Gasteiger partial charge is 0.460 e. The van der Waals surface area contributed by atoms with Crippen molar-refractivity contribution in [1.29, 1.82) is 0 Å². The van der Waals surface area contributed by atoms with Crippen LogP contribution in [0.3, 0.4) is 0 Å². The summed E-state index contributed by atoms with van der Waals surface area (Å²) in [6.45, 7) is 5.83. The predicted molar refractivity (Wildman–Crippen MR) is 118 cm³/mol. The number of piperazine rings is 1. The van der Waals surface area contributed by atoms with E-state index in [9.17, 15) is 10.1 Å². The smallest absolute Gasteiger partial charge is 0.269 e. The number of rotatable bonds is 7. The van der Waals surface area contributed by atoms with Crippen molar-refractivity contribution in [2.24, 2.45) is 0 Å². The Morgan fingerprint density at radius 1 is 0.900 bits per heavy atom. The van der Waals surface area contributed by atoms with Crippen LogP contribution in [0.2, 0.25) is 0 Å². The molecule has 6 heteroatoms. The van der Waals surface area contributed by atoms with E-state index < -0.39 is 4.92 Å². The summed E-state index contributed by atoms with van der Waals surface area (Å²) in [5.74, 6) is 1.66. The van der Waals surface area contributed by atoms with E-state index in [1.807, 2.05) is 18.2 Å². The van der Waals surface area contributed by atoms with Crippen molar-refractivity contribution in [1.82, 2.24) is 9.80 Å². The molecule has 0 amide bonds. The van der Waals surface area contributed by atoms with Crippen LogP contribution in [0, 0.1) is 10.1 Å². The zero-order valence-corrected chi connectivity index (χ0v) is 16.8. The Balaban J connectivity index is 1.25. The SMILES string of the molecule is O=[N+]([O-])c1ccc(-c2ccc(CN3CCN(C/C=C/c4ccccc4)CC3)o2)cc1. The number of nitro benzene ring substituents is 1. The van der Waals surface area contributed by atoms with Gasteiger partial charge in [-0.3, -0.25) is 19.9 Å². The van der Waals surface area contributed by atoms with E-state index in [0.717, 1.165) is 56.4 Å². The number of nitro groups is 1. The molecule has 1 fully saturated rings. The topological polar surface area (TPSA) is 62.8 Å². The van der Waals surface area contributed by atoms with E-state index in [1.54, 1.807) is 12.1 Å². The second-order valence-corrected chi connectivity index (χ2v) is 7.46. The normalized spacial score (nSPS) is 15.6.